The van der Waals surface area contributed by atoms with Gasteiger partial charge in [-0.25, -0.2) is 0 Å². The van der Waals surface area contributed by atoms with Crippen LogP contribution in [0.3, 0.4) is 0 Å². The second-order valence-electron chi connectivity index (χ2n) is 9.43. The quantitative estimate of drug-likeness (QED) is 0.153. The fourth-order valence-electron chi connectivity index (χ4n) is 3.51. The van der Waals surface area contributed by atoms with E-state index >= 15 is 0 Å². The predicted octanol–water partition coefficient (Wildman–Crippen LogP) is 0.212. The molecule has 1 aromatic carbocycles. The molecule has 2 amide bonds. The second kappa shape index (κ2) is 14.7. The summed E-state index contributed by atoms with van der Waals surface area (Å²) in [5, 5.41) is 16.1. The molecule has 0 bridgehead atoms. The monoisotopic (exact) mass is 482 g/mol. The number of nitrogens with one attached hydrogen (secondary N) is 3. The second-order valence-corrected chi connectivity index (χ2v) is 9.43. The fraction of sp³-hybridized carbons (Fsp3) is 0.680. The Morgan fingerprint density at radius 3 is 2.03 bits per heavy atom. The summed E-state index contributed by atoms with van der Waals surface area (Å²) < 4.78 is 11.3. The Bertz CT molecular complexity index is 760. The summed E-state index contributed by atoms with van der Waals surface area (Å²) in [6.07, 6.45) is 1.83. The van der Waals surface area contributed by atoms with Gasteiger partial charge in [0, 0.05) is 25.9 Å². The zero-order valence-corrected chi connectivity index (χ0v) is 22.1. The molecule has 34 heavy (non-hydrogen) atoms. The van der Waals surface area contributed by atoms with E-state index in [4.69, 9.17) is 9.47 Å². The molecule has 0 saturated heterocycles. The Morgan fingerprint density at radius 2 is 1.56 bits per heavy atom. The third-order valence-electron chi connectivity index (χ3n) is 6.39. The highest BCUT2D eigenvalue weighted by molar-refractivity contribution is 6.00. The number of rotatable bonds is 16. The number of amides is 2. The third-order valence-corrected chi connectivity index (χ3v) is 6.39. The molecule has 9 heteroatoms. The van der Waals surface area contributed by atoms with Crippen molar-refractivity contribution in [3.8, 4) is 17.2 Å². The maximum absolute atomic E-state index is 13.1. The van der Waals surface area contributed by atoms with Gasteiger partial charge in [-0.2, -0.15) is 0 Å². The van der Waals surface area contributed by atoms with Crippen molar-refractivity contribution >= 4 is 11.8 Å². The van der Waals surface area contributed by atoms with Crippen molar-refractivity contribution in [2.24, 2.45) is 5.92 Å². The van der Waals surface area contributed by atoms with Crippen LogP contribution < -0.4 is 25.0 Å². The standard InChI is InChI=1S/C25H44N4O5/c1-8-28(3)14-10-12-26-24(31)20(25(32)27-13-11-15-29(4,5)9-2)16-19-17-21(33-6)23(30)22(18-19)34-7/h17-18,20H,8-16H2,1-7H3,(H2-,26,27,30,31,32)/p+2. The average Bonchev–Trinajstić information content (AvgIpc) is 2.83. The van der Waals surface area contributed by atoms with Crippen LogP contribution in [0.1, 0.15) is 32.3 Å². The number of ether oxygens (including phenoxy) is 2. The first-order valence-corrected chi connectivity index (χ1v) is 12.2. The highest BCUT2D eigenvalue weighted by Gasteiger charge is 2.28. The number of carbonyl (C=O) groups is 2. The van der Waals surface area contributed by atoms with Gasteiger partial charge in [0.2, 0.25) is 17.6 Å². The number of hydrogen-bond acceptors (Lipinski definition) is 5. The Hall–Kier alpha value is -2.52. The van der Waals surface area contributed by atoms with E-state index in [1.54, 1.807) is 12.1 Å². The first-order valence-electron chi connectivity index (χ1n) is 12.2. The van der Waals surface area contributed by atoms with Crippen LogP contribution in [0.2, 0.25) is 0 Å². The highest BCUT2D eigenvalue weighted by atomic mass is 16.5. The summed E-state index contributed by atoms with van der Waals surface area (Å²) in [6.45, 7) is 9.21. The van der Waals surface area contributed by atoms with Crippen molar-refractivity contribution in [2.45, 2.75) is 33.1 Å². The van der Waals surface area contributed by atoms with E-state index in [2.05, 4.69) is 45.6 Å². The number of phenolic OH excluding ortho intramolecular Hbond substituents is 1. The number of carbonyl (C=O) groups excluding carboxylic acids is 2. The summed E-state index contributed by atoms with van der Waals surface area (Å²) >= 11 is 0. The van der Waals surface area contributed by atoms with E-state index in [-0.39, 0.29) is 35.5 Å². The van der Waals surface area contributed by atoms with Gasteiger partial charge < -0.3 is 34.6 Å². The predicted molar refractivity (Wildman–Crippen MR) is 133 cm³/mol. The van der Waals surface area contributed by atoms with Gasteiger partial charge in [-0.05, 0) is 38.0 Å². The molecule has 0 aliphatic carbocycles. The lowest BCUT2D eigenvalue weighted by molar-refractivity contribution is -0.888. The topological polar surface area (TPSA) is 101 Å². The molecule has 0 radical (unpaired) electrons. The van der Waals surface area contributed by atoms with Crippen molar-refractivity contribution < 1.29 is 33.6 Å². The summed E-state index contributed by atoms with van der Waals surface area (Å²) in [4.78, 5) is 27.5. The fourth-order valence-corrected chi connectivity index (χ4v) is 3.51. The zero-order chi connectivity index (χ0) is 25.7. The van der Waals surface area contributed by atoms with Gasteiger partial charge in [0.25, 0.3) is 0 Å². The van der Waals surface area contributed by atoms with E-state index in [0.29, 0.717) is 18.7 Å². The van der Waals surface area contributed by atoms with Gasteiger partial charge in [-0.3, -0.25) is 9.59 Å². The molecule has 0 aromatic heterocycles. The van der Waals surface area contributed by atoms with Crippen LogP contribution in [0.4, 0.5) is 0 Å². The first kappa shape index (κ1) is 29.5. The van der Waals surface area contributed by atoms with Crippen LogP contribution in [-0.4, -0.2) is 96.0 Å². The minimum absolute atomic E-state index is 0.113. The van der Waals surface area contributed by atoms with Crippen LogP contribution in [0.25, 0.3) is 0 Å². The maximum atomic E-state index is 13.1. The van der Waals surface area contributed by atoms with Crippen LogP contribution in [0.5, 0.6) is 17.2 Å². The largest absolute Gasteiger partial charge is 0.502 e. The summed E-state index contributed by atoms with van der Waals surface area (Å²) in [7, 11) is 9.31. The number of quaternary nitrogens is 2. The number of hydrogen-bond donors (Lipinski definition) is 4. The molecule has 9 nitrogen and oxygen atoms in total. The van der Waals surface area contributed by atoms with E-state index < -0.39 is 5.92 Å². The number of nitrogens with zero attached hydrogens (tertiary/aromatic N) is 1. The highest BCUT2D eigenvalue weighted by Crippen LogP contribution is 2.37. The molecule has 1 aromatic rings. The van der Waals surface area contributed by atoms with Crippen molar-refractivity contribution in [1.29, 1.82) is 0 Å². The lowest BCUT2D eigenvalue weighted by atomic mass is 9.96. The lowest BCUT2D eigenvalue weighted by Gasteiger charge is -2.28. The third kappa shape index (κ3) is 9.77. The van der Waals surface area contributed by atoms with E-state index in [9.17, 15) is 14.7 Å². The molecule has 0 aliphatic rings. The van der Waals surface area contributed by atoms with Gasteiger partial charge in [-0.15, -0.1) is 0 Å². The summed E-state index contributed by atoms with van der Waals surface area (Å²) in [5.74, 6) is -1.15. The minimum atomic E-state index is -0.899. The molecule has 0 aliphatic heterocycles. The Morgan fingerprint density at radius 1 is 1.03 bits per heavy atom. The molecule has 194 valence electrons. The van der Waals surface area contributed by atoms with Crippen LogP contribution in [0.15, 0.2) is 12.1 Å². The molecule has 0 spiro atoms. The molecular weight excluding hydrogens is 436 g/mol. The Labute approximate surface area is 205 Å². The van der Waals surface area contributed by atoms with Gasteiger partial charge in [0.15, 0.2) is 11.5 Å². The zero-order valence-electron chi connectivity index (χ0n) is 22.1. The van der Waals surface area contributed by atoms with Crippen LogP contribution in [-0.2, 0) is 16.0 Å². The van der Waals surface area contributed by atoms with E-state index in [1.807, 2.05) is 0 Å². The number of phenols is 1. The average molecular weight is 483 g/mol. The van der Waals surface area contributed by atoms with Gasteiger partial charge in [0.1, 0.15) is 5.92 Å². The normalized spacial score (nSPS) is 13.1. The van der Waals surface area contributed by atoms with Crippen molar-refractivity contribution in [3.63, 3.8) is 0 Å². The molecule has 1 rings (SSSR count). The maximum Gasteiger partial charge on any atom is 0.232 e. The molecule has 2 atom stereocenters. The smallest absolute Gasteiger partial charge is 0.232 e. The number of methoxy groups -OCH3 is 2. The summed E-state index contributed by atoms with van der Waals surface area (Å²) in [5.41, 5.74) is 0.667. The molecule has 4 N–H and O–H groups in total. The van der Waals surface area contributed by atoms with E-state index in [0.717, 1.165) is 43.5 Å². The van der Waals surface area contributed by atoms with Crippen molar-refractivity contribution in [2.75, 3.05) is 74.6 Å². The Balaban J connectivity index is 2.92. The van der Waals surface area contributed by atoms with Gasteiger partial charge in [0.05, 0.1) is 61.5 Å². The van der Waals surface area contributed by atoms with Crippen molar-refractivity contribution in [3.05, 3.63) is 17.7 Å². The first-order chi connectivity index (χ1) is 16.1. The van der Waals surface area contributed by atoms with Crippen LogP contribution in [0, 0.1) is 5.92 Å². The molecule has 0 fully saturated rings. The number of aromatic hydroxyl groups is 1. The molecule has 0 heterocycles. The minimum Gasteiger partial charge on any atom is -0.502 e. The molecule has 2 unspecified atom stereocenters. The Kier molecular flexibility index (Phi) is 12.7. The number of benzene rings is 1. The summed E-state index contributed by atoms with van der Waals surface area (Å²) in [6, 6.07) is 3.26. The molecule has 0 saturated carbocycles. The van der Waals surface area contributed by atoms with Crippen molar-refractivity contribution in [1.82, 2.24) is 10.6 Å². The van der Waals surface area contributed by atoms with Gasteiger partial charge in [-0.1, -0.05) is 0 Å². The lowest BCUT2D eigenvalue weighted by Crippen LogP contribution is -3.08. The molecular formula is C25H46N4O5+2. The van der Waals surface area contributed by atoms with E-state index in [1.165, 1.54) is 19.1 Å². The van der Waals surface area contributed by atoms with Crippen LogP contribution >= 0.6 is 0 Å². The van der Waals surface area contributed by atoms with Gasteiger partial charge >= 0.3 is 0 Å². The SMILES string of the molecule is CC[NH+](C)CCCNC(=O)C(Cc1cc(OC)c(O)c(OC)c1)C(=O)NCCC[N+](C)(C)CC.